The topological polar surface area (TPSA) is 77.0 Å². The van der Waals surface area contributed by atoms with E-state index in [0.29, 0.717) is 17.5 Å². The number of rotatable bonds is 5. The van der Waals surface area contributed by atoms with E-state index in [1.807, 2.05) is 42.5 Å². The van der Waals surface area contributed by atoms with Crippen LogP contribution in [0.3, 0.4) is 0 Å². The summed E-state index contributed by atoms with van der Waals surface area (Å²) in [7, 11) is 0. The maximum Gasteiger partial charge on any atom is 0.343 e. The summed E-state index contributed by atoms with van der Waals surface area (Å²) in [6, 6.07) is 15.0. The first-order valence-corrected chi connectivity index (χ1v) is 7.55. The lowest BCUT2D eigenvalue weighted by Crippen LogP contribution is -2.11. The van der Waals surface area contributed by atoms with E-state index in [1.165, 1.54) is 6.20 Å². The first kappa shape index (κ1) is 15.6. The third-order valence-corrected chi connectivity index (χ3v) is 3.23. The maximum atomic E-state index is 12.1. The lowest BCUT2D eigenvalue weighted by atomic mass is 10.2. The van der Waals surface area contributed by atoms with E-state index in [-0.39, 0.29) is 12.2 Å². The average molecular weight is 320 g/mol. The number of aromatic nitrogens is 3. The van der Waals surface area contributed by atoms with E-state index in [4.69, 9.17) is 4.74 Å². The lowest BCUT2D eigenvalue weighted by molar-refractivity contribution is 0.0526. The highest BCUT2D eigenvalue weighted by molar-refractivity contribution is 5.95. The Morgan fingerprint density at radius 2 is 1.88 bits per heavy atom. The average Bonchev–Trinajstić information content (AvgIpc) is 2.63. The van der Waals surface area contributed by atoms with E-state index >= 15 is 0 Å². The first-order valence-electron chi connectivity index (χ1n) is 7.55. The van der Waals surface area contributed by atoms with Crippen LogP contribution in [-0.2, 0) is 4.74 Å². The fourth-order valence-corrected chi connectivity index (χ4v) is 2.12. The monoisotopic (exact) mass is 320 g/mol. The minimum absolute atomic E-state index is 0.266. The van der Waals surface area contributed by atoms with Crippen molar-refractivity contribution in [1.29, 1.82) is 0 Å². The number of pyridine rings is 1. The highest BCUT2D eigenvalue weighted by Crippen LogP contribution is 2.22. The van der Waals surface area contributed by atoms with Gasteiger partial charge in [0.15, 0.2) is 5.82 Å². The molecular formula is C18H16N4O2. The summed E-state index contributed by atoms with van der Waals surface area (Å²) in [5.41, 5.74) is 1.12. The number of hydrogen-bond acceptors (Lipinski definition) is 6. The maximum absolute atomic E-state index is 12.1. The number of esters is 1. The second kappa shape index (κ2) is 7.32. The molecule has 1 aromatic carbocycles. The summed E-state index contributed by atoms with van der Waals surface area (Å²) < 4.78 is 5.07. The molecule has 0 fully saturated rings. The van der Waals surface area contributed by atoms with E-state index in [9.17, 15) is 4.79 Å². The minimum Gasteiger partial charge on any atom is -0.462 e. The lowest BCUT2D eigenvalue weighted by Gasteiger charge is -2.11. The molecule has 0 saturated carbocycles. The second-order valence-electron chi connectivity index (χ2n) is 4.88. The number of hydrogen-bond donors (Lipinski definition) is 1. The predicted molar refractivity (Wildman–Crippen MR) is 90.9 cm³/mol. The molecule has 0 spiro atoms. The molecule has 2 aromatic heterocycles. The van der Waals surface area contributed by atoms with Crippen molar-refractivity contribution in [3.05, 3.63) is 66.5 Å². The van der Waals surface area contributed by atoms with Gasteiger partial charge in [-0.15, -0.1) is 0 Å². The van der Waals surface area contributed by atoms with Gasteiger partial charge in [0.05, 0.1) is 6.61 Å². The van der Waals surface area contributed by atoms with Crippen LogP contribution in [0.5, 0.6) is 0 Å². The molecule has 0 bridgehead atoms. The molecule has 0 radical (unpaired) electrons. The van der Waals surface area contributed by atoms with Crippen LogP contribution in [0.1, 0.15) is 17.3 Å². The van der Waals surface area contributed by atoms with Crippen molar-refractivity contribution in [3.63, 3.8) is 0 Å². The number of carbonyl (C=O) groups excluding carboxylic acids is 1. The largest absolute Gasteiger partial charge is 0.462 e. The summed E-state index contributed by atoms with van der Waals surface area (Å²) in [4.78, 5) is 25.1. The van der Waals surface area contributed by atoms with Gasteiger partial charge in [0.1, 0.15) is 17.2 Å². The Labute approximate surface area is 139 Å². The number of anilines is 2. The number of ether oxygens (including phenoxy) is 1. The van der Waals surface area contributed by atoms with Crippen molar-refractivity contribution in [2.45, 2.75) is 6.92 Å². The molecule has 1 N–H and O–H groups in total. The number of benzene rings is 1. The quantitative estimate of drug-likeness (QED) is 0.725. The Morgan fingerprint density at radius 1 is 1.08 bits per heavy atom. The Morgan fingerprint density at radius 3 is 2.58 bits per heavy atom. The molecule has 0 aliphatic rings. The summed E-state index contributed by atoms with van der Waals surface area (Å²) in [5.74, 6) is 0.986. The van der Waals surface area contributed by atoms with Crippen LogP contribution in [0.15, 0.2) is 60.9 Å². The van der Waals surface area contributed by atoms with Crippen molar-refractivity contribution in [2.24, 2.45) is 0 Å². The van der Waals surface area contributed by atoms with Gasteiger partial charge >= 0.3 is 5.97 Å². The third-order valence-electron chi connectivity index (χ3n) is 3.23. The van der Waals surface area contributed by atoms with E-state index in [1.54, 1.807) is 19.2 Å². The van der Waals surface area contributed by atoms with Gasteiger partial charge in [-0.05, 0) is 19.1 Å². The van der Waals surface area contributed by atoms with Gasteiger partial charge in [-0.3, -0.25) is 0 Å². The van der Waals surface area contributed by atoms with Crippen molar-refractivity contribution in [1.82, 2.24) is 15.0 Å². The van der Waals surface area contributed by atoms with Crippen molar-refractivity contribution in [2.75, 3.05) is 11.9 Å². The van der Waals surface area contributed by atoms with Gasteiger partial charge in [0.25, 0.3) is 0 Å². The van der Waals surface area contributed by atoms with Gasteiger partial charge in [0, 0.05) is 18.0 Å². The fraction of sp³-hybridized carbons (Fsp3) is 0.111. The molecule has 6 nitrogen and oxygen atoms in total. The van der Waals surface area contributed by atoms with Crippen molar-refractivity contribution in [3.8, 4) is 11.4 Å². The number of nitrogens with one attached hydrogen (secondary N) is 1. The minimum atomic E-state index is -0.476. The van der Waals surface area contributed by atoms with Crippen LogP contribution >= 0.6 is 0 Å². The Hall–Kier alpha value is -3.28. The molecule has 3 aromatic rings. The van der Waals surface area contributed by atoms with Crippen LogP contribution in [0.4, 0.5) is 11.6 Å². The molecule has 24 heavy (non-hydrogen) atoms. The normalized spacial score (nSPS) is 10.2. The molecule has 6 heteroatoms. The van der Waals surface area contributed by atoms with Crippen LogP contribution < -0.4 is 5.32 Å². The predicted octanol–water partition coefficient (Wildman–Crippen LogP) is 3.46. The zero-order valence-corrected chi connectivity index (χ0v) is 13.1. The summed E-state index contributed by atoms with van der Waals surface area (Å²) in [6.07, 6.45) is 3.13. The fourth-order valence-electron chi connectivity index (χ4n) is 2.12. The van der Waals surface area contributed by atoms with E-state index < -0.39 is 5.97 Å². The summed E-state index contributed by atoms with van der Waals surface area (Å²) >= 11 is 0. The van der Waals surface area contributed by atoms with Gasteiger partial charge in [-0.2, -0.15) is 0 Å². The molecule has 120 valence electrons. The zero-order valence-electron chi connectivity index (χ0n) is 13.1. The Bertz CT molecular complexity index is 823. The van der Waals surface area contributed by atoms with Gasteiger partial charge in [-0.1, -0.05) is 36.4 Å². The molecule has 0 saturated heterocycles. The Balaban J connectivity index is 2.02. The molecule has 0 atom stereocenters. The number of nitrogens with zero attached hydrogens (tertiary/aromatic N) is 3. The first-order chi connectivity index (χ1) is 11.8. The molecule has 0 aliphatic carbocycles. The van der Waals surface area contributed by atoms with Gasteiger partial charge in [0.2, 0.25) is 0 Å². The van der Waals surface area contributed by atoms with Crippen molar-refractivity contribution < 1.29 is 9.53 Å². The Kier molecular flexibility index (Phi) is 4.76. The SMILES string of the molecule is CCOC(=O)c1cnc(-c2ccccc2)nc1Nc1ccccn1. The van der Waals surface area contributed by atoms with Crippen molar-refractivity contribution >= 4 is 17.6 Å². The van der Waals surface area contributed by atoms with E-state index in [2.05, 4.69) is 20.3 Å². The highest BCUT2D eigenvalue weighted by Gasteiger charge is 2.17. The van der Waals surface area contributed by atoms with Crippen LogP contribution in [0.2, 0.25) is 0 Å². The van der Waals surface area contributed by atoms with Crippen LogP contribution in [0.25, 0.3) is 11.4 Å². The van der Waals surface area contributed by atoms with E-state index in [0.717, 1.165) is 5.56 Å². The standard InChI is InChI=1S/C18H16N4O2/c1-2-24-18(23)14-12-20-16(13-8-4-3-5-9-13)22-17(14)21-15-10-6-7-11-19-15/h3-12H,2H2,1H3,(H,19,20,21,22). The molecular weight excluding hydrogens is 304 g/mol. The van der Waals surface area contributed by atoms with Crippen LogP contribution in [0, 0.1) is 0 Å². The smallest absolute Gasteiger partial charge is 0.343 e. The molecule has 3 rings (SSSR count). The zero-order chi connectivity index (χ0) is 16.8. The van der Waals surface area contributed by atoms with Gasteiger partial charge in [-0.25, -0.2) is 19.7 Å². The van der Waals surface area contributed by atoms with Crippen LogP contribution in [-0.4, -0.2) is 27.5 Å². The highest BCUT2D eigenvalue weighted by atomic mass is 16.5. The second-order valence-corrected chi connectivity index (χ2v) is 4.88. The summed E-state index contributed by atoms with van der Waals surface area (Å²) in [6.45, 7) is 2.03. The third kappa shape index (κ3) is 3.55. The molecule has 0 aliphatic heterocycles. The van der Waals surface area contributed by atoms with Gasteiger partial charge < -0.3 is 10.1 Å². The number of carbonyl (C=O) groups is 1. The summed E-state index contributed by atoms with van der Waals surface area (Å²) in [5, 5.41) is 3.06. The molecule has 2 heterocycles. The molecule has 0 amide bonds. The molecule has 0 unspecified atom stereocenters.